The third-order valence-electron chi connectivity index (χ3n) is 4.27. The fourth-order valence-electron chi connectivity index (χ4n) is 2.56. The Morgan fingerprint density at radius 2 is 1.21 bits per heavy atom. The summed E-state index contributed by atoms with van der Waals surface area (Å²) < 4.78 is 48.7. The van der Waals surface area contributed by atoms with Crippen molar-refractivity contribution in [2.75, 3.05) is 13.3 Å². The summed E-state index contributed by atoms with van der Waals surface area (Å²) in [6.07, 6.45) is -2.36. The summed E-state index contributed by atoms with van der Waals surface area (Å²) >= 11 is 0. The summed E-state index contributed by atoms with van der Waals surface area (Å²) in [7, 11) is -0.212. The Morgan fingerprint density at radius 1 is 0.711 bits per heavy atom. The molecule has 4 aromatic heterocycles. The van der Waals surface area contributed by atoms with E-state index in [-0.39, 0.29) is 52.5 Å². The molecule has 0 unspecified atom stereocenters. The number of aromatic nitrogens is 8. The van der Waals surface area contributed by atoms with E-state index >= 15 is 0 Å². The van der Waals surface area contributed by atoms with Gasteiger partial charge in [-0.2, -0.15) is 17.6 Å². The first-order valence-electron chi connectivity index (χ1n) is 10.4. The Hall–Kier alpha value is -3.41. The molecule has 5 rings (SSSR count). The second-order valence-electron chi connectivity index (χ2n) is 7.16. The number of nitrogens with zero attached hydrogens (tertiary/aromatic N) is 8. The van der Waals surface area contributed by atoms with E-state index in [4.69, 9.17) is 0 Å². The van der Waals surface area contributed by atoms with Crippen LogP contribution in [-0.2, 0) is 26.0 Å². The predicted molar refractivity (Wildman–Crippen MR) is 135 cm³/mol. The third-order valence-corrected chi connectivity index (χ3v) is 5.76. The molecule has 0 fully saturated rings. The summed E-state index contributed by atoms with van der Waals surface area (Å²) in [5, 5.41) is 14.4. The van der Waals surface area contributed by atoms with Crippen molar-refractivity contribution in [2.24, 2.45) is 0 Å². The van der Waals surface area contributed by atoms with E-state index in [1.165, 1.54) is 17.6 Å². The van der Waals surface area contributed by atoms with Crippen molar-refractivity contribution in [1.82, 2.24) is 40.3 Å². The smallest absolute Gasteiger partial charge is 0.413 e. The van der Waals surface area contributed by atoms with E-state index < -0.39 is 18.1 Å². The summed E-state index contributed by atoms with van der Waals surface area (Å²) in [6, 6.07) is 20.7. The number of rotatable bonds is 3. The number of hydrogen-bond donors (Lipinski definition) is 0. The molecule has 0 bridgehead atoms. The molecule has 4 heterocycles. The van der Waals surface area contributed by atoms with Crippen molar-refractivity contribution in [2.45, 2.75) is 6.18 Å². The second-order valence-corrected chi connectivity index (χ2v) is 9.73. The average Bonchev–Trinajstić information content (AvgIpc) is 3.56. The fourth-order valence-corrected chi connectivity index (χ4v) is 3.42. The molecule has 0 aliphatic rings. The Morgan fingerprint density at radius 3 is 1.58 bits per heavy atom. The summed E-state index contributed by atoms with van der Waals surface area (Å²) in [5.41, 5.74) is 0.786. The molecule has 38 heavy (non-hydrogen) atoms. The Kier molecular flexibility index (Phi) is 13.5. The molecule has 5 aromatic rings. The van der Waals surface area contributed by atoms with E-state index in [1.54, 1.807) is 36.5 Å². The van der Waals surface area contributed by atoms with Gasteiger partial charge in [-0.15, -0.1) is 0 Å². The van der Waals surface area contributed by atoms with E-state index in [1.807, 2.05) is 0 Å². The van der Waals surface area contributed by atoms with Crippen LogP contribution in [0.1, 0.15) is 5.82 Å². The second kappa shape index (κ2) is 15.7. The Bertz CT molecular complexity index is 1320. The van der Waals surface area contributed by atoms with Gasteiger partial charge < -0.3 is 27.6 Å². The molecule has 0 saturated carbocycles. The van der Waals surface area contributed by atoms with Gasteiger partial charge in [0.2, 0.25) is 6.08 Å². The molecule has 0 spiro atoms. The first-order valence-corrected chi connectivity index (χ1v) is 12.9. The van der Waals surface area contributed by atoms with Gasteiger partial charge in [0.1, 0.15) is 5.82 Å². The molecule has 0 atom stereocenters. The van der Waals surface area contributed by atoms with Crippen molar-refractivity contribution >= 4 is 13.2 Å². The zero-order chi connectivity index (χ0) is 26.0. The molecule has 0 aliphatic heterocycles. The molecule has 0 N–H and O–H groups in total. The molecule has 0 saturated heterocycles. The van der Waals surface area contributed by atoms with Gasteiger partial charge in [-0.05, 0) is 48.0 Å². The molecule has 0 aliphatic carbocycles. The topological polar surface area (TPSA) is 106 Å². The van der Waals surface area contributed by atoms with Crippen LogP contribution in [0.5, 0.6) is 0 Å². The largest absolute Gasteiger partial charge is 0.429 e. The molecular weight excluding hydrogens is 698 g/mol. The average molecular weight is 721 g/mol. The van der Waals surface area contributed by atoms with Gasteiger partial charge in [0, 0.05) is 40.1 Å². The van der Waals surface area contributed by atoms with E-state index in [2.05, 4.69) is 84.0 Å². The van der Waals surface area contributed by atoms with Gasteiger partial charge in [-0.3, -0.25) is 15.1 Å². The quantitative estimate of drug-likeness (QED) is 0.154. The molecule has 1 aromatic carbocycles. The van der Waals surface area contributed by atoms with Crippen LogP contribution in [0.15, 0.2) is 79.1 Å². The van der Waals surface area contributed by atoms with Gasteiger partial charge in [0.25, 0.3) is 0 Å². The molecule has 202 valence electrons. The maximum Gasteiger partial charge on any atom is 0.429 e. The summed E-state index contributed by atoms with van der Waals surface area (Å²) in [4.78, 5) is 14.4. The predicted octanol–water partition coefficient (Wildman–Crippen LogP) is 4.38. The zero-order valence-corrected chi connectivity index (χ0v) is 24.0. The minimum Gasteiger partial charge on any atom is -0.413 e. The van der Waals surface area contributed by atoms with Crippen LogP contribution in [0, 0.1) is 13.5 Å². The van der Waals surface area contributed by atoms with Crippen LogP contribution in [0.4, 0.5) is 17.6 Å². The van der Waals surface area contributed by atoms with Gasteiger partial charge in [0.05, 0.1) is 30.0 Å². The van der Waals surface area contributed by atoms with Gasteiger partial charge in [-0.1, -0.05) is 30.3 Å². The standard InChI is InChI=1S/C8H4F3N4.C8H11P.C7H4FN4.CH3.Os/c9-8(10,11)7-13-6(14-15-7)5-3-1-2-4-12-5;1-9(2)8-6-4-3-5-7-8;8-7-10-6(11-12-7)5-3-1-2-4-9-5;;/h1-4H;3-7H,1-2H3;1-4H;1H3;/q-1;;2*-1;/p+1. The van der Waals surface area contributed by atoms with E-state index in [0.717, 1.165) is 0 Å². The molecule has 0 amide bonds. The normalized spacial score (nSPS) is 10.2. The van der Waals surface area contributed by atoms with Crippen molar-refractivity contribution in [3.63, 3.8) is 0 Å². The Labute approximate surface area is 231 Å². The van der Waals surface area contributed by atoms with E-state index in [0.29, 0.717) is 5.69 Å². The molecule has 8 nitrogen and oxygen atoms in total. The van der Waals surface area contributed by atoms with Gasteiger partial charge in [-0.25, -0.2) is 5.10 Å². The molecular formula is C24H23F4N8OsP-2. The SMILES string of the molecule is C[PH+](C)c1ccccc1.FC(F)(F)c1n[n-]c(-c2ccccn2)n1.Fc1n[n-]c(-c2ccccn2)n1.[CH3-].[Os]. The van der Waals surface area contributed by atoms with Gasteiger partial charge in [0.15, 0.2) is 0 Å². The molecule has 0 radical (unpaired) electrons. The Balaban J connectivity index is 0.000000286. The minimum atomic E-state index is -4.57. The van der Waals surface area contributed by atoms with Crippen molar-refractivity contribution in [3.8, 4) is 23.0 Å². The van der Waals surface area contributed by atoms with Crippen LogP contribution in [-0.4, -0.2) is 43.5 Å². The van der Waals surface area contributed by atoms with Crippen molar-refractivity contribution in [1.29, 1.82) is 0 Å². The number of pyridine rings is 2. The fraction of sp³-hybridized carbons (Fsp3) is 0.125. The number of hydrogen-bond acceptors (Lipinski definition) is 6. The van der Waals surface area contributed by atoms with E-state index in [9.17, 15) is 17.6 Å². The maximum atomic E-state index is 12.3. The summed E-state index contributed by atoms with van der Waals surface area (Å²) in [6.45, 7) is 4.61. The number of alkyl halides is 3. The summed E-state index contributed by atoms with van der Waals surface area (Å²) in [5.74, 6) is -1.15. The van der Waals surface area contributed by atoms with Crippen LogP contribution in [0.2, 0.25) is 0 Å². The first kappa shape index (κ1) is 32.6. The van der Waals surface area contributed by atoms with Crippen LogP contribution >= 0.6 is 7.92 Å². The zero-order valence-electron chi connectivity index (χ0n) is 20.4. The first-order chi connectivity index (χ1) is 17.2. The van der Waals surface area contributed by atoms with Crippen LogP contribution in [0.25, 0.3) is 23.0 Å². The van der Waals surface area contributed by atoms with Crippen LogP contribution in [0.3, 0.4) is 0 Å². The van der Waals surface area contributed by atoms with Crippen molar-refractivity contribution < 1.29 is 37.4 Å². The van der Waals surface area contributed by atoms with Crippen LogP contribution < -0.4 is 15.5 Å². The number of benzene rings is 1. The third kappa shape index (κ3) is 10.2. The molecule has 14 heteroatoms. The van der Waals surface area contributed by atoms with Crippen molar-refractivity contribution in [3.05, 3.63) is 98.5 Å². The minimum absolute atomic E-state index is 0. The van der Waals surface area contributed by atoms with Gasteiger partial charge >= 0.3 is 6.18 Å². The monoisotopic (exact) mass is 722 g/mol. The maximum absolute atomic E-state index is 12.3. The number of halogens is 4.